The maximum atomic E-state index is 12.6. The van der Waals surface area contributed by atoms with Gasteiger partial charge in [-0.2, -0.15) is 5.26 Å². The molecule has 28 heavy (non-hydrogen) atoms. The van der Waals surface area contributed by atoms with Crippen LogP contribution in [0, 0.1) is 18.3 Å². The Hall–Kier alpha value is -3.06. The van der Waals surface area contributed by atoms with Crippen LogP contribution in [0.3, 0.4) is 0 Å². The number of carbonyl (C=O) groups is 1. The lowest BCUT2D eigenvalue weighted by atomic mass is 10.0. The zero-order chi connectivity index (χ0) is 19.9. The molecule has 0 bridgehead atoms. The van der Waals surface area contributed by atoms with Crippen molar-refractivity contribution >= 4 is 17.7 Å². The largest absolute Gasteiger partial charge is 0.372 e. The van der Waals surface area contributed by atoms with Crippen LogP contribution in [0.2, 0.25) is 0 Å². The summed E-state index contributed by atoms with van der Waals surface area (Å²) in [5, 5.41) is 12.4. The van der Waals surface area contributed by atoms with Gasteiger partial charge in [0.2, 0.25) is 0 Å². The van der Waals surface area contributed by atoms with Crippen LogP contribution in [0.4, 0.5) is 5.69 Å². The molecule has 2 aromatic rings. The molecule has 144 valence electrons. The Labute approximate surface area is 167 Å². The highest BCUT2D eigenvalue weighted by Crippen LogP contribution is 2.24. The fourth-order valence-corrected chi connectivity index (χ4v) is 3.57. The van der Waals surface area contributed by atoms with E-state index >= 15 is 0 Å². The SMILES string of the molecule is Cc1cc(N2CCCCC2)ccc1/C=C(/C#N)C(=O)N[C@H](C)c1ccccc1. The highest BCUT2D eigenvalue weighted by Gasteiger charge is 2.15. The molecule has 0 aliphatic carbocycles. The molecule has 1 saturated heterocycles. The minimum Gasteiger partial charge on any atom is -0.372 e. The second-order valence-corrected chi connectivity index (χ2v) is 7.36. The second kappa shape index (κ2) is 9.23. The van der Waals surface area contributed by atoms with E-state index in [2.05, 4.69) is 28.4 Å². The Morgan fingerprint density at radius 2 is 1.86 bits per heavy atom. The molecule has 1 amide bonds. The van der Waals surface area contributed by atoms with Gasteiger partial charge >= 0.3 is 0 Å². The molecule has 0 unspecified atom stereocenters. The summed E-state index contributed by atoms with van der Waals surface area (Å²) in [7, 11) is 0. The van der Waals surface area contributed by atoms with Gasteiger partial charge in [0.15, 0.2) is 0 Å². The van der Waals surface area contributed by atoms with Crippen molar-refractivity contribution in [2.45, 2.75) is 39.2 Å². The summed E-state index contributed by atoms with van der Waals surface area (Å²) in [6.45, 7) is 6.13. The number of piperidine rings is 1. The lowest BCUT2D eigenvalue weighted by Gasteiger charge is -2.29. The number of anilines is 1. The number of rotatable bonds is 5. The smallest absolute Gasteiger partial charge is 0.262 e. The van der Waals surface area contributed by atoms with E-state index in [1.165, 1.54) is 24.9 Å². The topological polar surface area (TPSA) is 56.1 Å². The number of aryl methyl sites for hydroxylation is 1. The number of nitrogens with one attached hydrogen (secondary N) is 1. The molecule has 4 heteroatoms. The molecule has 2 aromatic carbocycles. The first-order chi connectivity index (χ1) is 13.6. The van der Waals surface area contributed by atoms with Crippen LogP contribution in [0.1, 0.15) is 48.9 Å². The predicted octanol–water partition coefficient (Wildman–Crippen LogP) is 4.77. The summed E-state index contributed by atoms with van der Waals surface area (Å²) >= 11 is 0. The van der Waals surface area contributed by atoms with E-state index in [9.17, 15) is 10.1 Å². The van der Waals surface area contributed by atoms with E-state index in [1.54, 1.807) is 6.08 Å². The van der Waals surface area contributed by atoms with Crippen molar-refractivity contribution in [3.63, 3.8) is 0 Å². The van der Waals surface area contributed by atoms with Gasteiger partial charge in [0.05, 0.1) is 6.04 Å². The van der Waals surface area contributed by atoms with Crippen LogP contribution in [-0.2, 0) is 4.79 Å². The quantitative estimate of drug-likeness (QED) is 0.607. The third kappa shape index (κ3) is 4.80. The van der Waals surface area contributed by atoms with Gasteiger partial charge in [-0.3, -0.25) is 4.79 Å². The van der Waals surface area contributed by atoms with Crippen LogP contribution in [0.5, 0.6) is 0 Å². The monoisotopic (exact) mass is 373 g/mol. The minimum absolute atomic E-state index is 0.122. The van der Waals surface area contributed by atoms with Crippen LogP contribution < -0.4 is 10.2 Å². The van der Waals surface area contributed by atoms with Gasteiger partial charge in [-0.15, -0.1) is 0 Å². The Kier molecular flexibility index (Phi) is 6.49. The standard InChI is InChI=1S/C24H27N3O/c1-18-15-23(27-13-7-4-8-14-27)12-11-21(18)16-22(17-25)24(28)26-19(2)20-9-5-3-6-10-20/h3,5-6,9-12,15-16,19H,4,7-8,13-14H2,1-2H3,(H,26,28)/b22-16-/t19-/m1/s1. The van der Waals surface area contributed by atoms with Crippen molar-refractivity contribution in [2.75, 3.05) is 18.0 Å². The Balaban J connectivity index is 1.74. The highest BCUT2D eigenvalue weighted by atomic mass is 16.1. The molecule has 1 aliphatic heterocycles. The Morgan fingerprint density at radius 3 is 2.50 bits per heavy atom. The first-order valence-electron chi connectivity index (χ1n) is 9.91. The normalized spacial score (nSPS) is 15.6. The third-order valence-electron chi connectivity index (χ3n) is 5.29. The average Bonchev–Trinajstić information content (AvgIpc) is 2.74. The van der Waals surface area contributed by atoms with Crippen LogP contribution in [-0.4, -0.2) is 19.0 Å². The first-order valence-corrected chi connectivity index (χ1v) is 9.91. The van der Waals surface area contributed by atoms with E-state index in [1.807, 2.05) is 50.2 Å². The summed E-state index contributed by atoms with van der Waals surface area (Å²) in [5.74, 6) is -0.349. The molecule has 3 rings (SSSR count). The van der Waals surface area contributed by atoms with Crippen molar-refractivity contribution in [3.8, 4) is 6.07 Å². The van der Waals surface area contributed by atoms with Gasteiger partial charge in [-0.1, -0.05) is 36.4 Å². The number of nitriles is 1. The Bertz CT molecular complexity index is 890. The first kappa shape index (κ1) is 19.7. The molecule has 0 spiro atoms. The van der Waals surface area contributed by atoms with Crippen LogP contribution >= 0.6 is 0 Å². The average molecular weight is 374 g/mol. The summed E-state index contributed by atoms with van der Waals surface area (Å²) in [6, 6.07) is 17.9. The molecule has 1 aliphatic rings. The van der Waals surface area contributed by atoms with Crippen molar-refractivity contribution in [3.05, 3.63) is 70.8 Å². The fraction of sp³-hybridized carbons (Fsp3) is 0.333. The minimum atomic E-state index is -0.349. The van der Waals surface area contributed by atoms with E-state index in [4.69, 9.17) is 0 Å². The molecule has 1 atom stereocenters. The molecular weight excluding hydrogens is 346 g/mol. The van der Waals surface area contributed by atoms with Gasteiger partial charge in [-0.05, 0) is 68.0 Å². The van der Waals surface area contributed by atoms with Gasteiger partial charge in [-0.25, -0.2) is 0 Å². The zero-order valence-corrected chi connectivity index (χ0v) is 16.6. The molecule has 0 saturated carbocycles. The summed E-state index contributed by atoms with van der Waals surface area (Å²) < 4.78 is 0. The van der Waals surface area contributed by atoms with E-state index in [0.717, 1.165) is 29.8 Å². The van der Waals surface area contributed by atoms with Gasteiger partial charge in [0, 0.05) is 18.8 Å². The molecule has 1 heterocycles. The summed E-state index contributed by atoms with van der Waals surface area (Å²) in [6.07, 6.45) is 5.46. The highest BCUT2D eigenvalue weighted by molar-refractivity contribution is 6.02. The van der Waals surface area contributed by atoms with Crippen molar-refractivity contribution in [2.24, 2.45) is 0 Å². The van der Waals surface area contributed by atoms with Crippen molar-refractivity contribution in [1.82, 2.24) is 5.32 Å². The van der Waals surface area contributed by atoms with Crippen LogP contribution in [0.25, 0.3) is 6.08 Å². The summed E-state index contributed by atoms with van der Waals surface area (Å²) in [4.78, 5) is 15.0. The predicted molar refractivity (Wildman–Crippen MR) is 114 cm³/mol. The fourth-order valence-electron chi connectivity index (χ4n) is 3.57. The number of hydrogen-bond donors (Lipinski definition) is 1. The van der Waals surface area contributed by atoms with Gasteiger partial charge < -0.3 is 10.2 Å². The molecule has 0 aromatic heterocycles. The van der Waals surface area contributed by atoms with Crippen LogP contribution in [0.15, 0.2) is 54.1 Å². The van der Waals surface area contributed by atoms with Crippen molar-refractivity contribution in [1.29, 1.82) is 5.26 Å². The second-order valence-electron chi connectivity index (χ2n) is 7.36. The number of benzene rings is 2. The molecule has 1 N–H and O–H groups in total. The van der Waals surface area contributed by atoms with Crippen molar-refractivity contribution < 1.29 is 4.79 Å². The molecule has 1 fully saturated rings. The van der Waals surface area contributed by atoms with Gasteiger partial charge in [0.25, 0.3) is 5.91 Å². The lowest BCUT2D eigenvalue weighted by molar-refractivity contribution is -0.117. The molecule has 0 radical (unpaired) electrons. The number of carbonyl (C=O) groups excluding carboxylic acids is 1. The van der Waals surface area contributed by atoms with E-state index in [-0.39, 0.29) is 17.5 Å². The summed E-state index contributed by atoms with van der Waals surface area (Å²) in [5.41, 5.74) is 4.32. The zero-order valence-electron chi connectivity index (χ0n) is 16.6. The number of amides is 1. The van der Waals surface area contributed by atoms with E-state index in [0.29, 0.717) is 0 Å². The third-order valence-corrected chi connectivity index (χ3v) is 5.29. The Morgan fingerprint density at radius 1 is 1.14 bits per heavy atom. The van der Waals surface area contributed by atoms with Gasteiger partial charge in [0.1, 0.15) is 11.6 Å². The number of nitrogens with zero attached hydrogens (tertiary/aromatic N) is 2. The molecule has 4 nitrogen and oxygen atoms in total. The maximum Gasteiger partial charge on any atom is 0.262 e. The molecular formula is C24H27N3O. The maximum absolute atomic E-state index is 12.6. The lowest BCUT2D eigenvalue weighted by Crippen LogP contribution is -2.29. The van der Waals surface area contributed by atoms with E-state index < -0.39 is 0 Å². The number of hydrogen-bond acceptors (Lipinski definition) is 3.